The molecule has 1 N–H and O–H groups in total. The van der Waals surface area contributed by atoms with Crippen molar-refractivity contribution >= 4 is 17.3 Å². The van der Waals surface area contributed by atoms with Crippen LogP contribution in [0.3, 0.4) is 0 Å². The minimum atomic E-state index is -3.04. The lowest BCUT2D eigenvalue weighted by Crippen LogP contribution is -2.27. The van der Waals surface area contributed by atoms with Crippen molar-refractivity contribution < 1.29 is 23.2 Å². The minimum absolute atomic E-state index is 0.0707. The number of carbonyl (C=O) groups excluding carboxylic acids is 1. The van der Waals surface area contributed by atoms with Gasteiger partial charge in [0.15, 0.2) is 5.69 Å². The molecule has 0 unspecified atom stereocenters. The van der Waals surface area contributed by atoms with E-state index in [1.54, 1.807) is 6.07 Å². The molecule has 1 amide bonds. The largest absolute Gasteiger partial charge is 0.435 e. The van der Waals surface area contributed by atoms with Crippen LogP contribution in [0.1, 0.15) is 16.2 Å². The molecule has 0 atom stereocenters. The summed E-state index contributed by atoms with van der Waals surface area (Å²) in [4.78, 5) is 35.6. The number of halogens is 2. The highest BCUT2D eigenvalue weighted by Crippen LogP contribution is 2.23. The van der Waals surface area contributed by atoms with E-state index in [2.05, 4.69) is 15.2 Å². The molecule has 1 aromatic heterocycles. The van der Waals surface area contributed by atoms with Crippen molar-refractivity contribution in [2.45, 2.75) is 13.5 Å². The number of nitrogens with one attached hydrogen (secondary N) is 1. The van der Waals surface area contributed by atoms with Crippen molar-refractivity contribution in [2.75, 3.05) is 5.32 Å². The van der Waals surface area contributed by atoms with Crippen LogP contribution in [0.4, 0.5) is 20.2 Å². The van der Waals surface area contributed by atoms with E-state index in [9.17, 15) is 28.5 Å². The molecule has 0 bridgehead atoms. The van der Waals surface area contributed by atoms with E-state index in [0.29, 0.717) is 0 Å². The zero-order valence-electron chi connectivity index (χ0n) is 15.4. The van der Waals surface area contributed by atoms with E-state index in [1.807, 2.05) is 0 Å². The lowest BCUT2D eigenvalue weighted by atomic mass is 10.2. The molecule has 0 aliphatic heterocycles. The van der Waals surface area contributed by atoms with Gasteiger partial charge in [0, 0.05) is 29.6 Å². The predicted octanol–water partition coefficient (Wildman–Crippen LogP) is 3.30. The van der Waals surface area contributed by atoms with Gasteiger partial charge in [0.1, 0.15) is 11.4 Å². The molecule has 11 heteroatoms. The first-order valence-corrected chi connectivity index (χ1v) is 8.47. The lowest BCUT2D eigenvalue weighted by molar-refractivity contribution is -0.384. The van der Waals surface area contributed by atoms with Crippen LogP contribution >= 0.6 is 0 Å². The molecule has 0 aliphatic rings. The highest BCUT2D eigenvalue weighted by molar-refractivity contribution is 6.02. The maximum absolute atomic E-state index is 12.6. The van der Waals surface area contributed by atoms with Gasteiger partial charge in [-0.05, 0) is 25.1 Å². The van der Waals surface area contributed by atoms with Crippen LogP contribution in [0.15, 0.2) is 59.4 Å². The number of alkyl halides is 2. The molecule has 0 saturated carbocycles. The second-order valence-electron chi connectivity index (χ2n) is 6.02. The summed E-state index contributed by atoms with van der Waals surface area (Å²) in [6.07, 6.45) is 0. The Hall–Kier alpha value is -4.15. The van der Waals surface area contributed by atoms with Crippen LogP contribution in [0, 0.1) is 17.0 Å². The minimum Gasteiger partial charge on any atom is -0.435 e. The maximum Gasteiger partial charge on any atom is 0.387 e. The fourth-order valence-electron chi connectivity index (χ4n) is 2.69. The van der Waals surface area contributed by atoms with Crippen molar-refractivity contribution in [3.63, 3.8) is 0 Å². The number of nitro groups is 1. The number of aromatic nitrogens is 2. The van der Waals surface area contributed by atoms with Crippen LogP contribution in [0.2, 0.25) is 0 Å². The van der Waals surface area contributed by atoms with Crippen molar-refractivity contribution in [3.05, 3.63) is 86.3 Å². The molecule has 0 saturated heterocycles. The SMILES string of the molecule is Cc1cc(=O)c(C(=O)Nc2cccc(OC(F)F)c2)nn1-c1ccccc1[N+](=O)[O-]. The number of benzene rings is 2. The number of ether oxygens (including phenoxy) is 1. The number of carbonyl (C=O) groups is 1. The van der Waals surface area contributed by atoms with E-state index in [1.165, 1.54) is 43.3 Å². The molecule has 1 heterocycles. The second kappa shape index (κ2) is 8.47. The fraction of sp³-hybridized carbons (Fsp3) is 0.105. The molecule has 0 spiro atoms. The number of amides is 1. The van der Waals surface area contributed by atoms with Crippen LogP contribution in [0.25, 0.3) is 5.69 Å². The summed E-state index contributed by atoms with van der Waals surface area (Å²) in [5.74, 6) is -1.10. The number of hydrogen-bond donors (Lipinski definition) is 1. The van der Waals surface area contributed by atoms with Gasteiger partial charge in [0.05, 0.1) is 4.92 Å². The Labute approximate surface area is 167 Å². The van der Waals surface area contributed by atoms with Gasteiger partial charge in [-0.3, -0.25) is 19.7 Å². The Morgan fingerprint density at radius 1 is 1.20 bits per heavy atom. The smallest absolute Gasteiger partial charge is 0.387 e. The number of nitrogens with zero attached hydrogens (tertiary/aromatic N) is 3. The zero-order valence-corrected chi connectivity index (χ0v) is 15.4. The Balaban J connectivity index is 1.98. The summed E-state index contributed by atoms with van der Waals surface area (Å²) >= 11 is 0. The summed E-state index contributed by atoms with van der Waals surface area (Å²) in [7, 11) is 0. The number of nitro benzene ring substituents is 1. The Morgan fingerprint density at radius 3 is 2.63 bits per heavy atom. The topological polar surface area (TPSA) is 116 Å². The predicted molar refractivity (Wildman–Crippen MR) is 102 cm³/mol. The molecule has 0 aliphatic carbocycles. The van der Waals surface area contributed by atoms with E-state index in [4.69, 9.17) is 0 Å². The molecule has 9 nitrogen and oxygen atoms in total. The molecule has 3 rings (SSSR count). The van der Waals surface area contributed by atoms with Gasteiger partial charge in [0.2, 0.25) is 5.43 Å². The number of para-hydroxylation sites is 2. The third-order valence-electron chi connectivity index (χ3n) is 3.95. The average molecular weight is 416 g/mol. The van der Waals surface area contributed by atoms with Crippen LogP contribution in [0.5, 0.6) is 5.75 Å². The number of rotatable bonds is 6. The summed E-state index contributed by atoms with van der Waals surface area (Å²) in [5.41, 5.74) is -1.06. The van der Waals surface area contributed by atoms with E-state index >= 15 is 0 Å². The molecular formula is C19H14F2N4O5. The molecule has 0 radical (unpaired) electrons. The van der Waals surface area contributed by atoms with Crippen molar-refractivity contribution in [2.24, 2.45) is 0 Å². The fourth-order valence-corrected chi connectivity index (χ4v) is 2.69. The summed E-state index contributed by atoms with van der Waals surface area (Å²) in [6.45, 7) is -1.53. The van der Waals surface area contributed by atoms with E-state index in [0.717, 1.165) is 16.8 Å². The van der Waals surface area contributed by atoms with Gasteiger partial charge in [-0.1, -0.05) is 18.2 Å². The van der Waals surface area contributed by atoms with Gasteiger partial charge in [-0.15, -0.1) is 0 Å². The monoisotopic (exact) mass is 416 g/mol. The summed E-state index contributed by atoms with van der Waals surface area (Å²) in [6, 6.07) is 12.0. The number of anilines is 1. The first-order valence-electron chi connectivity index (χ1n) is 8.47. The molecule has 2 aromatic carbocycles. The third kappa shape index (κ3) is 4.46. The van der Waals surface area contributed by atoms with E-state index < -0.39 is 28.6 Å². The molecule has 0 fully saturated rings. The Morgan fingerprint density at radius 2 is 1.93 bits per heavy atom. The molecule has 154 valence electrons. The van der Waals surface area contributed by atoms with Crippen LogP contribution in [-0.2, 0) is 0 Å². The summed E-state index contributed by atoms with van der Waals surface area (Å²) < 4.78 is 30.1. The van der Waals surface area contributed by atoms with Crippen molar-refractivity contribution in [1.29, 1.82) is 0 Å². The standard InChI is InChI=1S/C19H14F2N4O5/c1-11-9-16(26)17(23-24(11)14-7-2-3-8-15(14)25(28)29)18(27)22-12-5-4-6-13(10-12)30-19(20)21/h2-10,19H,1H3,(H,22,27). The molecule has 30 heavy (non-hydrogen) atoms. The number of aryl methyl sites for hydroxylation is 1. The van der Waals surface area contributed by atoms with Gasteiger partial charge in [0.25, 0.3) is 11.6 Å². The van der Waals surface area contributed by atoms with Crippen LogP contribution < -0.4 is 15.5 Å². The lowest BCUT2D eigenvalue weighted by Gasteiger charge is -2.12. The van der Waals surface area contributed by atoms with Crippen molar-refractivity contribution in [1.82, 2.24) is 9.78 Å². The Bertz CT molecular complexity index is 1180. The van der Waals surface area contributed by atoms with E-state index in [-0.39, 0.29) is 28.5 Å². The Kier molecular flexibility index (Phi) is 5.81. The number of hydrogen-bond acceptors (Lipinski definition) is 6. The third-order valence-corrected chi connectivity index (χ3v) is 3.95. The second-order valence-corrected chi connectivity index (χ2v) is 6.02. The first-order chi connectivity index (χ1) is 14.3. The van der Waals surface area contributed by atoms with Crippen molar-refractivity contribution in [3.8, 4) is 11.4 Å². The van der Waals surface area contributed by atoms with Gasteiger partial charge >= 0.3 is 6.61 Å². The van der Waals surface area contributed by atoms with Gasteiger partial charge in [-0.25, -0.2) is 4.68 Å². The average Bonchev–Trinajstić information content (AvgIpc) is 2.67. The van der Waals surface area contributed by atoms with Gasteiger partial charge in [-0.2, -0.15) is 13.9 Å². The first kappa shape index (κ1) is 20.6. The van der Waals surface area contributed by atoms with Crippen LogP contribution in [-0.4, -0.2) is 27.2 Å². The molecular weight excluding hydrogens is 402 g/mol. The maximum atomic E-state index is 12.6. The highest BCUT2D eigenvalue weighted by atomic mass is 19.3. The quantitative estimate of drug-likeness (QED) is 0.487. The summed E-state index contributed by atoms with van der Waals surface area (Å²) in [5, 5.41) is 17.7. The normalized spacial score (nSPS) is 10.7. The van der Waals surface area contributed by atoms with Gasteiger partial charge < -0.3 is 10.1 Å². The zero-order chi connectivity index (χ0) is 21.8. The highest BCUT2D eigenvalue weighted by Gasteiger charge is 2.20. The molecule has 3 aromatic rings.